The number of ether oxygens (including phenoxy) is 3. The first kappa shape index (κ1) is 35.7. The van der Waals surface area contributed by atoms with Crippen molar-refractivity contribution >= 4 is 23.5 Å². The number of amides is 1. The van der Waals surface area contributed by atoms with Crippen LogP contribution in [0.1, 0.15) is 83.3 Å². The molecular weight excluding hydrogens is 676 g/mol. The van der Waals surface area contributed by atoms with Gasteiger partial charge in [0.25, 0.3) is 5.91 Å². The van der Waals surface area contributed by atoms with Crippen molar-refractivity contribution in [2.24, 2.45) is 0 Å². The molecule has 11 heteroatoms. The third-order valence-electron chi connectivity index (χ3n) is 9.53. The number of aromatic hydroxyl groups is 1. The van der Waals surface area contributed by atoms with Crippen LogP contribution in [0.15, 0.2) is 121 Å². The van der Waals surface area contributed by atoms with Crippen LogP contribution in [-0.2, 0) is 20.8 Å². The highest BCUT2D eigenvalue weighted by atomic mass is 16.7. The lowest BCUT2D eigenvalue weighted by atomic mass is 9.83. The van der Waals surface area contributed by atoms with E-state index in [-0.39, 0.29) is 41.5 Å². The van der Waals surface area contributed by atoms with E-state index in [9.17, 15) is 29.7 Å². The Bertz CT molecular complexity index is 2120. The Hall–Kier alpha value is -5.69. The number of esters is 2. The van der Waals surface area contributed by atoms with Gasteiger partial charge in [-0.25, -0.2) is 9.59 Å². The number of cyclic esters (lactones) is 2. The van der Waals surface area contributed by atoms with Crippen molar-refractivity contribution in [1.29, 1.82) is 0 Å². The molecule has 2 heterocycles. The van der Waals surface area contributed by atoms with Gasteiger partial charge in [0.2, 0.25) is 0 Å². The SMILES string of the molecule is CN(C[C@@H](O)c1cccc(O)c1)C[C@H]1OC(c2cccc(NC(=O)c3ccc4c(c3)C(=O)OC4=O)c2)O[C@@H](c2ccc(CO)cc2)[C@@H]1c1ccccc1. The molecule has 0 saturated carbocycles. The summed E-state index contributed by atoms with van der Waals surface area (Å²) in [6, 6.07) is 35.4. The predicted molar refractivity (Wildman–Crippen MR) is 194 cm³/mol. The molecule has 2 aliphatic heterocycles. The molecule has 5 atom stereocenters. The van der Waals surface area contributed by atoms with E-state index < -0.39 is 42.4 Å². The fourth-order valence-electron chi connectivity index (χ4n) is 6.87. The van der Waals surface area contributed by atoms with Crippen LogP contribution in [0.4, 0.5) is 5.69 Å². The number of likely N-dealkylation sites (N-methyl/N-ethyl adjacent to an activating group) is 1. The molecule has 0 radical (unpaired) electrons. The van der Waals surface area contributed by atoms with Gasteiger partial charge in [0.15, 0.2) is 6.29 Å². The number of aliphatic hydroxyl groups is 2. The van der Waals surface area contributed by atoms with Crippen LogP contribution < -0.4 is 5.32 Å². The summed E-state index contributed by atoms with van der Waals surface area (Å²) in [4.78, 5) is 39.2. The molecule has 1 unspecified atom stereocenters. The smallest absolute Gasteiger partial charge is 0.346 e. The van der Waals surface area contributed by atoms with E-state index in [1.54, 1.807) is 42.5 Å². The Labute approximate surface area is 306 Å². The van der Waals surface area contributed by atoms with Crippen molar-refractivity contribution in [3.8, 4) is 5.75 Å². The zero-order valence-electron chi connectivity index (χ0n) is 28.8. The quantitative estimate of drug-likeness (QED) is 0.0939. The molecule has 0 aromatic heterocycles. The first-order valence-electron chi connectivity index (χ1n) is 17.2. The molecule has 1 fully saturated rings. The highest BCUT2D eigenvalue weighted by Gasteiger charge is 2.42. The van der Waals surface area contributed by atoms with Gasteiger partial charge >= 0.3 is 11.9 Å². The maximum Gasteiger partial charge on any atom is 0.346 e. The molecule has 1 amide bonds. The van der Waals surface area contributed by atoms with E-state index >= 15 is 0 Å². The standard InChI is InChI=1S/C42H38N2O9/c1-44(22-35(47)28-9-6-12-32(46)20-28)23-36-37(26-7-3-2-4-8-26)38(27-15-13-25(24-45)14-16-27)52-42(51-36)30-10-5-11-31(19-30)43-39(48)29-17-18-33-34(21-29)41(50)53-40(33)49/h2-21,35-38,42,45-47H,22-24H2,1H3,(H,43,48)/t35-,36-,37-,38+,42?/m1/s1. The lowest BCUT2D eigenvalue weighted by Gasteiger charge is -2.44. The lowest BCUT2D eigenvalue weighted by molar-refractivity contribution is -0.263. The molecule has 0 aliphatic carbocycles. The summed E-state index contributed by atoms with van der Waals surface area (Å²) in [6.45, 7) is 0.573. The van der Waals surface area contributed by atoms with Crippen molar-refractivity contribution in [2.75, 3.05) is 25.5 Å². The van der Waals surface area contributed by atoms with Crippen LogP contribution in [0.25, 0.3) is 0 Å². The number of aliphatic hydroxyl groups excluding tert-OH is 2. The molecule has 5 aromatic carbocycles. The summed E-state index contributed by atoms with van der Waals surface area (Å²) in [6.07, 6.45) is -2.68. The van der Waals surface area contributed by atoms with E-state index in [2.05, 4.69) is 10.1 Å². The Morgan fingerprint density at radius 1 is 0.792 bits per heavy atom. The average molecular weight is 715 g/mol. The minimum Gasteiger partial charge on any atom is -0.508 e. The normalized spacial score (nSPS) is 20.2. The first-order chi connectivity index (χ1) is 25.7. The van der Waals surface area contributed by atoms with Crippen molar-refractivity contribution in [1.82, 2.24) is 4.90 Å². The average Bonchev–Trinajstić information content (AvgIpc) is 3.46. The van der Waals surface area contributed by atoms with Gasteiger partial charge in [0.1, 0.15) is 5.75 Å². The van der Waals surface area contributed by atoms with Gasteiger partial charge in [-0.05, 0) is 71.8 Å². The minimum atomic E-state index is -0.871. The maximum atomic E-state index is 13.3. The summed E-state index contributed by atoms with van der Waals surface area (Å²) in [5.74, 6) is -2.23. The fraction of sp³-hybridized carbons (Fsp3) is 0.214. The van der Waals surface area contributed by atoms with E-state index in [1.807, 2.05) is 72.6 Å². The van der Waals surface area contributed by atoms with Gasteiger partial charge in [-0.15, -0.1) is 0 Å². The molecule has 53 heavy (non-hydrogen) atoms. The summed E-state index contributed by atoms with van der Waals surface area (Å²) in [5, 5.41) is 33.7. The third-order valence-corrected chi connectivity index (χ3v) is 9.53. The minimum absolute atomic E-state index is 0.0388. The molecule has 5 aromatic rings. The lowest BCUT2D eigenvalue weighted by Crippen LogP contribution is -2.44. The topological polar surface area (TPSA) is 155 Å². The zero-order chi connectivity index (χ0) is 37.1. The number of nitrogens with one attached hydrogen (secondary N) is 1. The Morgan fingerprint density at radius 2 is 1.53 bits per heavy atom. The number of carbonyl (C=O) groups excluding carboxylic acids is 3. The Morgan fingerprint density at radius 3 is 2.28 bits per heavy atom. The third kappa shape index (κ3) is 7.90. The van der Waals surface area contributed by atoms with E-state index in [4.69, 9.17) is 9.47 Å². The van der Waals surface area contributed by atoms with Crippen molar-refractivity contribution in [3.05, 3.63) is 166 Å². The van der Waals surface area contributed by atoms with Crippen molar-refractivity contribution in [2.45, 2.75) is 37.1 Å². The summed E-state index contributed by atoms with van der Waals surface area (Å²) >= 11 is 0. The van der Waals surface area contributed by atoms with Crippen LogP contribution in [0.3, 0.4) is 0 Å². The van der Waals surface area contributed by atoms with Crippen molar-refractivity contribution < 1.29 is 43.9 Å². The van der Waals surface area contributed by atoms with Gasteiger partial charge in [-0.3, -0.25) is 4.79 Å². The van der Waals surface area contributed by atoms with Gasteiger partial charge in [0.05, 0.1) is 36.0 Å². The van der Waals surface area contributed by atoms with Crippen molar-refractivity contribution in [3.63, 3.8) is 0 Å². The Kier molecular flexibility index (Phi) is 10.4. The van der Waals surface area contributed by atoms with E-state index in [0.29, 0.717) is 23.4 Å². The molecule has 4 N–H and O–H groups in total. The highest BCUT2D eigenvalue weighted by molar-refractivity contribution is 6.16. The van der Waals surface area contributed by atoms with Crippen LogP contribution in [-0.4, -0.2) is 64.3 Å². The maximum absolute atomic E-state index is 13.3. The molecule has 0 bridgehead atoms. The number of fused-ring (bicyclic) bond motifs is 1. The number of phenols is 1. The van der Waals surface area contributed by atoms with Crippen LogP contribution in [0.2, 0.25) is 0 Å². The second-order valence-corrected chi connectivity index (χ2v) is 13.2. The highest BCUT2D eigenvalue weighted by Crippen LogP contribution is 2.47. The van der Waals surface area contributed by atoms with Crippen LogP contribution >= 0.6 is 0 Å². The number of hydrogen-bond donors (Lipinski definition) is 4. The number of anilines is 1. The molecule has 1 saturated heterocycles. The molecule has 7 rings (SSSR count). The second kappa shape index (κ2) is 15.5. The first-order valence-corrected chi connectivity index (χ1v) is 17.2. The fourth-order valence-corrected chi connectivity index (χ4v) is 6.87. The predicted octanol–water partition coefficient (Wildman–Crippen LogP) is 6.05. The summed E-state index contributed by atoms with van der Waals surface area (Å²) in [7, 11) is 1.90. The summed E-state index contributed by atoms with van der Waals surface area (Å²) in [5.41, 5.74) is 4.67. The van der Waals surface area contributed by atoms with E-state index in [1.165, 1.54) is 18.2 Å². The number of benzene rings is 5. The molecule has 11 nitrogen and oxygen atoms in total. The van der Waals surface area contributed by atoms with E-state index in [0.717, 1.165) is 16.7 Å². The van der Waals surface area contributed by atoms with Crippen LogP contribution in [0.5, 0.6) is 5.75 Å². The number of carbonyl (C=O) groups is 3. The molecule has 0 spiro atoms. The molecule has 2 aliphatic rings. The number of nitrogens with zero attached hydrogens (tertiary/aromatic N) is 1. The molecular formula is C42H38N2O9. The number of rotatable bonds is 11. The monoisotopic (exact) mass is 714 g/mol. The Balaban J connectivity index is 1.18. The summed E-state index contributed by atoms with van der Waals surface area (Å²) < 4.78 is 18.3. The van der Waals surface area contributed by atoms with Crippen LogP contribution in [0, 0.1) is 0 Å². The molecule has 270 valence electrons. The second-order valence-electron chi connectivity index (χ2n) is 13.2. The van der Waals surface area contributed by atoms with Gasteiger partial charge in [-0.1, -0.05) is 78.9 Å². The number of hydrogen-bond acceptors (Lipinski definition) is 10. The van der Waals surface area contributed by atoms with Gasteiger partial charge in [-0.2, -0.15) is 0 Å². The zero-order valence-corrected chi connectivity index (χ0v) is 28.8. The number of phenolic OH excluding ortho intramolecular Hbond substituents is 1. The largest absolute Gasteiger partial charge is 0.508 e. The van der Waals surface area contributed by atoms with Gasteiger partial charge in [0, 0.05) is 35.8 Å². The van der Waals surface area contributed by atoms with Gasteiger partial charge < -0.3 is 39.7 Å².